The molecule has 0 radical (unpaired) electrons. The van der Waals surface area contributed by atoms with Gasteiger partial charge in [0.05, 0.1) is 6.61 Å². The van der Waals surface area contributed by atoms with Crippen molar-refractivity contribution in [2.45, 2.75) is 6.61 Å². The first-order chi connectivity index (χ1) is 11.7. The Bertz CT molecular complexity index is 634. The summed E-state index contributed by atoms with van der Waals surface area (Å²) in [5.41, 5.74) is 0. The fraction of sp³-hybridized carbons (Fsp3) is 0.353. The number of hydrogen-bond donors (Lipinski definition) is 2. The zero-order valence-corrected chi connectivity index (χ0v) is 14.7. The average molecular weight is 373 g/mol. The Labute approximate surface area is 152 Å². The number of furan rings is 1. The summed E-state index contributed by atoms with van der Waals surface area (Å²) in [7, 11) is 1.64. The van der Waals surface area contributed by atoms with Crippen molar-refractivity contribution in [1.29, 1.82) is 0 Å². The Morgan fingerprint density at radius 3 is 2.60 bits per heavy atom. The van der Waals surface area contributed by atoms with Crippen LogP contribution in [0.5, 0.6) is 5.75 Å². The van der Waals surface area contributed by atoms with E-state index in [1.807, 2.05) is 0 Å². The first-order valence-electron chi connectivity index (χ1n) is 7.64. The Morgan fingerprint density at radius 2 is 1.88 bits per heavy atom. The van der Waals surface area contributed by atoms with Gasteiger partial charge in [0.2, 0.25) is 0 Å². The average Bonchev–Trinajstić information content (AvgIpc) is 3.06. The molecule has 1 aromatic heterocycles. The molecule has 1 heterocycles. The van der Waals surface area contributed by atoms with E-state index in [1.165, 1.54) is 24.3 Å². The molecule has 138 valence electrons. The third-order valence-corrected chi connectivity index (χ3v) is 3.15. The van der Waals surface area contributed by atoms with E-state index >= 15 is 0 Å². The van der Waals surface area contributed by atoms with Gasteiger partial charge < -0.3 is 24.5 Å². The van der Waals surface area contributed by atoms with Crippen molar-refractivity contribution < 1.29 is 23.1 Å². The van der Waals surface area contributed by atoms with Gasteiger partial charge in [-0.1, -0.05) is 0 Å². The van der Waals surface area contributed by atoms with E-state index in [1.54, 1.807) is 19.2 Å². The molecule has 0 aliphatic rings. The van der Waals surface area contributed by atoms with Crippen LogP contribution >= 0.6 is 12.4 Å². The largest absolute Gasteiger partial charge is 0.486 e. The second kappa shape index (κ2) is 11.5. The molecule has 0 aliphatic heterocycles. The number of hydrogen-bond acceptors (Lipinski definition) is 5. The molecular formula is C17H22ClFN2O4. The molecular weight excluding hydrogens is 351 g/mol. The second-order valence-corrected chi connectivity index (χ2v) is 5.01. The number of methoxy groups -OCH3 is 1. The van der Waals surface area contributed by atoms with Crippen LogP contribution in [0.25, 0.3) is 0 Å². The molecule has 6 nitrogen and oxygen atoms in total. The summed E-state index contributed by atoms with van der Waals surface area (Å²) < 4.78 is 28.6. The first kappa shape index (κ1) is 21.0. The maximum atomic E-state index is 12.8. The van der Waals surface area contributed by atoms with Crippen molar-refractivity contribution in [1.82, 2.24) is 10.6 Å². The SMILES string of the molecule is COCCNCCNC(=O)c1ccc(COc2ccc(F)cc2)o1.Cl. The van der Waals surface area contributed by atoms with E-state index in [9.17, 15) is 9.18 Å². The molecule has 1 amide bonds. The summed E-state index contributed by atoms with van der Waals surface area (Å²) in [5, 5.41) is 5.87. The van der Waals surface area contributed by atoms with Crippen molar-refractivity contribution in [3.8, 4) is 5.75 Å². The molecule has 1 aromatic carbocycles. The van der Waals surface area contributed by atoms with E-state index in [0.717, 1.165) is 6.54 Å². The van der Waals surface area contributed by atoms with Gasteiger partial charge in [-0.25, -0.2) is 4.39 Å². The Kier molecular flexibility index (Phi) is 9.61. The molecule has 0 saturated carbocycles. The van der Waals surface area contributed by atoms with Crippen LogP contribution in [0.3, 0.4) is 0 Å². The van der Waals surface area contributed by atoms with Crippen LogP contribution in [-0.2, 0) is 11.3 Å². The molecule has 0 unspecified atom stereocenters. The van der Waals surface area contributed by atoms with Gasteiger partial charge in [-0.05, 0) is 36.4 Å². The lowest BCUT2D eigenvalue weighted by atomic mass is 10.3. The standard InChI is InChI=1S/C17H21FN2O4.ClH/c1-22-11-10-19-8-9-20-17(21)16-7-6-15(24-16)12-23-14-4-2-13(18)3-5-14;/h2-7,19H,8-12H2,1H3,(H,20,21);1H. The lowest BCUT2D eigenvalue weighted by Crippen LogP contribution is -2.32. The molecule has 0 fully saturated rings. The highest BCUT2D eigenvalue weighted by Crippen LogP contribution is 2.15. The van der Waals surface area contributed by atoms with Crippen LogP contribution in [0.15, 0.2) is 40.8 Å². The number of carbonyl (C=O) groups excluding carboxylic acids is 1. The van der Waals surface area contributed by atoms with Crippen molar-refractivity contribution in [3.63, 3.8) is 0 Å². The lowest BCUT2D eigenvalue weighted by molar-refractivity contribution is 0.0922. The van der Waals surface area contributed by atoms with E-state index < -0.39 is 0 Å². The van der Waals surface area contributed by atoms with E-state index in [-0.39, 0.29) is 36.5 Å². The van der Waals surface area contributed by atoms with Crippen LogP contribution in [-0.4, -0.2) is 39.3 Å². The zero-order chi connectivity index (χ0) is 17.2. The lowest BCUT2D eigenvalue weighted by Gasteiger charge is -2.05. The van der Waals surface area contributed by atoms with Crippen molar-refractivity contribution in [3.05, 3.63) is 53.7 Å². The van der Waals surface area contributed by atoms with Crippen LogP contribution in [0, 0.1) is 5.82 Å². The van der Waals surface area contributed by atoms with Crippen LogP contribution in [0.2, 0.25) is 0 Å². The summed E-state index contributed by atoms with van der Waals surface area (Å²) in [5.74, 6) is 0.667. The van der Waals surface area contributed by atoms with Crippen LogP contribution in [0.1, 0.15) is 16.3 Å². The predicted molar refractivity (Wildman–Crippen MR) is 93.8 cm³/mol. The second-order valence-electron chi connectivity index (χ2n) is 5.01. The van der Waals surface area contributed by atoms with Crippen molar-refractivity contribution in [2.75, 3.05) is 33.4 Å². The summed E-state index contributed by atoms with van der Waals surface area (Å²) >= 11 is 0. The van der Waals surface area contributed by atoms with Gasteiger partial charge >= 0.3 is 0 Å². The maximum absolute atomic E-state index is 12.8. The van der Waals surface area contributed by atoms with Gasteiger partial charge in [0, 0.05) is 26.7 Å². The van der Waals surface area contributed by atoms with Crippen LogP contribution in [0.4, 0.5) is 4.39 Å². The minimum absolute atomic E-state index is 0. The summed E-state index contributed by atoms with van der Waals surface area (Å²) in [6.07, 6.45) is 0. The number of amides is 1. The first-order valence-corrected chi connectivity index (χ1v) is 7.64. The fourth-order valence-electron chi connectivity index (χ4n) is 1.91. The van der Waals surface area contributed by atoms with E-state index in [0.29, 0.717) is 31.2 Å². The van der Waals surface area contributed by atoms with Gasteiger partial charge in [-0.3, -0.25) is 4.79 Å². The number of benzene rings is 1. The molecule has 0 spiro atoms. The third kappa shape index (κ3) is 7.55. The molecule has 0 bridgehead atoms. The number of ether oxygens (including phenoxy) is 2. The quantitative estimate of drug-likeness (QED) is 0.626. The molecule has 25 heavy (non-hydrogen) atoms. The molecule has 8 heteroatoms. The number of carbonyl (C=O) groups is 1. The number of nitrogens with one attached hydrogen (secondary N) is 2. The topological polar surface area (TPSA) is 72.7 Å². The highest BCUT2D eigenvalue weighted by Gasteiger charge is 2.11. The highest BCUT2D eigenvalue weighted by atomic mass is 35.5. The monoisotopic (exact) mass is 372 g/mol. The van der Waals surface area contributed by atoms with E-state index in [2.05, 4.69) is 10.6 Å². The molecule has 0 saturated heterocycles. The van der Waals surface area contributed by atoms with Gasteiger partial charge in [-0.2, -0.15) is 0 Å². The molecule has 2 N–H and O–H groups in total. The minimum Gasteiger partial charge on any atom is -0.486 e. The normalized spacial score (nSPS) is 10.2. The van der Waals surface area contributed by atoms with Gasteiger partial charge in [0.1, 0.15) is 23.9 Å². The van der Waals surface area contributed by atoms with Gasteiger partial charge in [0.15, 0.2) is 5.76 Å². The van der Waals surface area contributed by atoms with Crippen molar-refractivity contribution >= 4 is 18.3 Å². The minimum atomic E-state index is -0.323. The van der Waals surface area contributed by atoms with Gasteiger partial charge in [0.25, 0.3) is 5.91 Å². The smallest absolute Gasteiger partial charge is 0.287 e. The van der Waals surface area contributed by atoms with Crippen molar-refractivity contribution in [2.24, 2.45) is 0 Å². The third-order valence-electron chi connectivity index (χ3n) is 3.15. The molecule has 2 rings (SSSR count). The zero-order valence-electron chi connectivity index (χ0n) is 13.9. The Morgan fingerprint density at radius 1 is 1.12 bits per heavy atom. The molecule has 2 aromatic rings. The predicted octanol–water partition coefficient (Wildman–Crippen LogP) is 2.39. The fourth-order valence-corrected chi connectivity index (χ4v) is 1.91. The molecule has 0 atom stereocenters. The van der Waals surface area contributed by atoms with Crippen LogP contribution < -0.4 is 15.4 Å². The Hall–Kier alpha value is -2.09. The number of halogens is 2. The highest BCUT2D eigenvalue weighted by molar-refractivity contribution is 5.91. The van der Waals surface area contributed by atoms with E-state index in [4.69, 9.17) is 13.9 Å². The number of rotatable bonds is 10. The maximum Gasteiger partial charge on any atom is 0.287 e. The summed E-state index contributed by atoms with van der Waals surface area (Å²) in [6, 6.07) is 8.96. The van der Waals surface area contributed by atoms with Gasteiger partial charge in [-0.15, -0.1) is 12.4 Å². The molecule has 0 aliphatic carbocycles. The summed E-state index contributed by atoms with van der Waals surface area (Å²) in [4.78, 5) is 11.9. The summed E-state index contributed by atoms with van der Waals surface area (Å²) in [6.45, 7) is 2.67. The Balaban J connectivity index is 0.00000312.